The standard InChI is InChI=1S/H4N2O8P2/c1-2(9-11(3,4)5)10-12(6,7)8/h(H2,3,4,5)(H2,6,7,8). The summed E-state index contributed by atoms with van der Waals surface area (Å²) in [6.07, 6.45) is 0. The average Bonchev–Trinajstić information content (AvgIpc) is 1.49. The van der Waals surface area contributed by atoms with E-state index in [1.807, 2.05) is 0 Å². The van der Waals surface area contributed by atoms with Gasteiger partial charge in [0.1, 0.15) is 5.02 Å². The summed E-state index contributed by atoms with van der Waals surface area (Å²) in [5, 5.41) is -1.11. The number of phosphoric acid groups is 2. The summed E-state index contributed by atoms with van der Waals surface area (Å²) in [4.78, 5) is 31.8. The van der Waals surface area contributed by atoms with Crippen LogP contribution in [0.25, 0.3) is 5.53 Å². The lowest BCUT2D eigenvalue weighted by Gasteiger charge is -2.03. The zero-order valence-corrected chi connectivity index (χ0v) is 7.00. The van der Waals surface area contributed by atoms with Gasteiger partial charge < -0.3 is 5.53 Å². The number of hydrogen-bond donors (Lipinski definition) is 4. The summed E-state index contributed by atoms with van der Waals surface area (Å²) in [6.45, 7) is 0. The normalized spacial score (nSPS) is 12.3. The third kappa shape index (κ3) is 7.61. The molecule has 0 fully saturated rings. The first kappa shape index (κ1) is 11.5. The number of nitrogens with zero attached hydrogens (tertiary/aromatic N) is 2. The van der Waals surface area contributed by atoms with Crippen molar-refractivity contribution in [2.45, 2.75) is 0 Å². The minimum atomic E-state index is -5.10. The second-order valence-corrected chi connectivity index (χ2v) is 3.67. The molecule has 0 aliphatic carbocycles. The smallest absolute Gasteiger partial charge is 0.390 e. The van der Waals surface area contributed by atoms with Crippen molar-refractivity contribution < 1.29 is 43.0 Å². The molecule has 72 valence electrons. The predicted molar refractivity (Wildman–Crippen MR) is 29.9 cm³/mol. The highest BCUT2D eigenvalue weighted by atomic mass is 31.2. The summed E-state index contributed by atoms with van der Waals surface area (Å²) < 4.78 is 26.0. The molecule has 0 radical (unpaired) electrons. The van der Waals surface area contributed by atoms with Gasteiger partial charge in [0.15, 0.2) is 0 Å². The molecule has 0 saturated heterocycles. The van der Waals surface area contributed by atoms with E-state index in [2.05, 4.69) is 9.25 Å². The summed E-state index contributed by atoms with van der Waals surface area (Å²) >= 11 is 0. The zero-order valence-electron chi connectivity index (χ0n) is 5.21. The molecule has 0 spiro atoms. The Labute approximate surface area is 65.2 Å². The Balaban J connectivity index is 4.10. The van der Waals surface area contributed by atoms with Crippen molar-refractivity contribution in [1.29, 1.82) is 0 Å². The van der Waals surface area contributed by atoms with Gasteiger partial charge in [-0.25, -0.2) is 9.13 Å². The largest absolute Gasteiger partial charge is 0.586 e. The van der Waals surface area contributed by atoms with Crippen molar-refractivity contribution in [2.75, 3.05) is 0 Å². The van der Waals surface area contributed by atoms with Gasteiger partial charge in [0.2, 0.25) is 0 Å². The van der Waals surface area contributed by atoms with Gasteiger partial charge in [-0.1, -0.05) is 0 Å². The molecule has 0 aliphatic rings. The van der Waals surface area contributed by atoms with Gasteiger partial charge >= 0.3 is 15.6 Å². The topological polar surface area (TPSA) is 159 Å². The molecule has 0 unspecified atom stereocenters. The maximum atomic E-state index is 9.87. The van der Waals surface area contributed by atoms with Crippen LogP contribution in [-0.2, 0) is 18.4 Å². The van der Waals surface area contributed by atoms with Crippen molar-refractivity contribution in [3.8, 4) is 0 Å². The van der Waals surface area contributed by atoms with Crippen LogP contribution in [0.3, 0.4) is 0 Å². The van der Waals surface area contributed by atoms with Crippen LogP contribution >= 0.6 is 15.6 Å². The quantitative estimate of drug-likeness (QED) is 0.269. The highest BCUT2D eigenvalue weighted by molar-refractivity contribution is 7.46. The van der Waals surface area contributed by atoms with Gasteiger partial charge in [-0.2, -0.15) is 0 Å². The third-order valence-corrected chi connectivity index (χ3v) is 1.06. The number of rotatable bonds is 4. The molecule has 4 N–H and O–H groups in total. The monoisotopic (exact) mass is 222 g/mol. The maximum absolute atomic E-state index is 9.87. The molecular formula is H4N2O8P2. The third-order valence-electron chi connectivity index (χ3n) is 0.352. The highest BCUT2D eigenvalue weighted by Gasteiger charge is 2.29. The maximum Gasteiger partial charge on any atom is 0.586 e. The summed E-state index contributed by atoms with van der Waals surface area (Å²) in [7, 11) is -10.2. The Hall–Kier alpha value is -0.500. The first-order chi connectivity index (χ1) is 5.10. The van der Waals surface area contributed by atoms with Gasteiger partial charge in [-0.05, 0) is 0 Å². The molecule has 0 aromatic rings. The average molecular weight is 222 g/mol. The molecule has 0 bridgehead atoms. The zero-order chi connectivity index (χ0) is 9.99. The van der Waals surface area contributed by atoms with E-state index in [0.29, 0.717) is 0 Å². The van der Waals surface area contributed by atoms with Gasteiger partial charge in [-0.15, -0.1) is 9.25 Å². The van der Waals surface area contributed by atoms with Gasteiger partial charge in [0.25, 0.3) is 0 Å². The molecule has 0 saturated carbocycles. The van der Waals surface area contributed by atoms with Crippen LogP contribution in [0.4, 0.5) is 0 Å². The lowest BCUT2D eigenvalue weighted by Crippen LogP contribution is -2.05. The van der Waals surface area contributed by atoms with Gasteiger partial charge in [0.05, 0.1) is 0 Å². The summed E-state index contributed by atoms with van der Waals surface area (Å²) in [6, 6.07) is 0. The van der Waals surface area contributed by atoms with Crippen molar-refractivity contribution in [1.82, 2.24) is 0 Å². The van der Waals surface area contributed by atoms with Crippen LogP contribution < -0.4 is 0 Å². The lowest BCUT2D eigenvalue weighted by molar-refractivity contribution is -0.931. The fraction of sp³-hybridized carbons (Fsp3) is 0. The molecular weight excluding hydrogens is 218 g/mol. The van der Waals surface area contributed by atoms with Crippen LogP contribution in [-0.4, -0.2) is 24.6 Å². The molecule has 0 rings (SSSR count). The second-order valence-electron chi connectivity index (χ2n) is 1.38. The minimum Gasteiger partial charge on any atom is -0.390 e. The van der Waals surface area contributed by atoms with Crippen molar-refractivity contribution in [3.05, 3.63) is 5.53 Å². The Morgan fingerprint density at radius 3 is 1.42 bits per heavy atom. The van der Waals surface area contributed by atoms with Crippen LogP contribution in [0.1, 0.15) is 0 Å². The highest BCUT2D eigenvalue weighted by Crippen LogP contribution is 2.41. The van der Waals surface area contributed by atoms with E-state index in [1.54, 1.807) is 0 Å². The van der Waals surface area contributed by atoms with E-state index in [1.165, 1.54) is 0 Å². The predicted octanol–water partition coefficient (Wildman–Crippen LogP) is -0.931. The first-order valence-electron chi connectivity index (χ1n) is 2.10. The fourth-order valence-electron chi connectivity index (χ4n) is 0.197. The van der Waals surface area contributed by atoms with E-state index < -0.39 is 20.7 Å². The van der Waals surface area contributed by atoms with Gasteiger partial charge in [-0.3, -0.25) is 19.6 Å². The fourth-order valence-corrected chi connectivity index (χ4v) is 0.680. The van der Waals surface area contributed by atoms with Gasteiger partial charge in [0, 0.05) is 0 Å². The molecule has 0 aromatic carbocycles. The van der Waals surface area contributed by atoms with Crippen LogP contribution in [0.2, 0.25) is 0 Å². The Morgan fingerprint density at radius 2 is 1.25 bits per heavy atom. The number of hydrogen-bond acceptors (Lipinski definition) is 4. The molecule has 12 heteroatoms. The molecule has 0 aromatic heterocycles. The van der Waals surface area contributed by atoms with Crippen LogP contribution in [0.5, 0.6) is 0 Å². The van der Waals surface area contributed by atoms with Crippen molar-refractivity contribution in [2.24, 2.45) is 0 Å². The summed E-state index contributed by atoms with van der Waals surface area (Å²) in [5.41, 5.74) is 8.12. The second kappa shape index (κ2) is 3.48. The van der Waals surface area contributed by atoms with Crippen molar-refractivity contribution >= 4 is 15.6 Å². The SMILES string of the molecule is [N-]=[N+](OP(=O)(O)O)OP(=O)(O)O. The molecule has 0 aliphatic heterocycles. The first-order valence-corrected chi connectivity index (χ1v) is 5.16. The Bertz CT molecular complexity index is 230. The molecule has 10 nitrogen and oxygen atoms in total. The van der Waals surface area contributed by atoms with E-state index in [0.717, 1.165) is 0 Å². The van der Waals surface area contributed by atoms with E-state index in [-0.39, 0.29) is 0 Å². The minimum absolute atomic E-state index is 1.11. The molecule has 0 atom stereocenters. The van der Waals surface area contributed by atoms with Crippen LogP contribution in [0, 0.1) is 0 Å². The lowest BCUT2D eigenvalue weighted by atomic mass is 12.9. The molecule has 0 heterocycles. The van der Waals surface area contributed by atoms with Crippen LogP contribution in [0.15, 0.2) is 0 Å². The molecule has 12 heavy (non-hydrogen) atoms. The van der Waals surface area contributed by atoms with E-state index in [9.17, 15) is 9.13 Å². The Kier molecular flexibility index (Phi) is 3.34. The van der Waals surface area contributed by atoms with E-state index in [4.69, 9.17) is 25.1 Å². The van der Waals surface area contributed by atoms with E-state index >= 15 is 0 Å². The summed E-state index contributed by atoms with van der Waals surface area (Å²) in [5.74, 6) is 0. The van der Waals surface area contributed by atoms with Crippen molar-refractivity contribution in [3.63, 3.8) is 0 Å². The Morgan fingerprint density at radius 1 is 1.00 bits per heavy atom. The molecule has 0 amide bonds.